The molecule has 1 fully saturated rings. The Hall–Kier alpha value is -2.51. The van der Waals surface area contributed by atoms with Gasteiger partial charge in [-0.05, 0) is 31.7 Å². The molecule has 0 heterocycles. The predicted octanol–water partition coefficient (Wildman–Crippen LogP) is 2.42. The average Bonchev–Trinajstić information content (AvgIpc) is 2.48. The Labute approximate surface area is 127 Å². The van der Waals surface area contributed by atoms with Gasteiger partial charge in [0.25, 0.3) is 5.69 Å². The molecule has 1 amide bonds. The molecule has 0 aliphatic heterocycles. The van der Waals surface area contributed by atoms with Crippen LogP contribution in [-0.4, -0.2) is 30.3 Å². The Morgan fingerprint density at radius 1 is 1.36 bits per heavy atom. The third kappa shape index (κ3) is 4.00. The molecule has 0 aromatic heterocycles. The van der Waals surface area contributed by atoms with E-state index in [2.05, 4.69) is 5.32 Å². The van der Waals surface area contributed by atoms with E-state index in [9.17, 15) is 14.9 Å². The lowest BCUT2D eigenvalue weighted by Crippen LogP contribution is -2.32. The van der Waals surface area contributed by atoms with Crippen LogP contribution in [0, 0.1) is 10.1 Å². The van der Waals surface area contributed by atoms with Crippen molar-refractivity contribution in [3.8, 4) is 5.75 Å². The van der Waals surface area contributed by atoms with Crippen LogP contribution < -0.4 is 15.8 Å². The van der Waals surface area contributed by atoms with Gasteiger partial charge in [-0.1, -0.05) is 0 Å². The number of amides is 1. The number of non-ortho nitro benzene ring substituents is 1. The highest BCUT2D eigenvalue weighted by molar-refractivity contribution is 5.65. The number of hydrogen-bond acceptors (Lipinski definition) is 6. The zero-order valence-electron chi connectivity index (χ0n) is 12.3. The van der Waals surface area contributed by atoms with E-state index in [0.29, 0.717) is 24.3 Å². The minimum absolute atomic E-state index is 0.00838. The summed E-state index contributed by atoms with van der Waals surface area (Å²) in [6.45, 7) is 0. The van der Waals surface area contributed by atoms with Gasteiger partial charge < -0.3 is 20.5 Å². The highest BCUT2D eigenvalue weighted by atomic mass is 16.6. The highest BCUT2D eigenvalue weighted by Crippen LogP contribution is 2.32. The summed E-state index contributed by atoms with van der Waals surface area (Å²) in [6.07, 6.45) is 2.07. The number of rotatable bonds is 5. The van der Waals surface area contributed by atoms with Crippen LogP contribution in [-0.2, 0) is 4.74 Å². The average molecular weight is 309 g/mol. The Morgan fingerprint density at radius 3 is 2.59 bits per heavy atom. The molecule has 120 valence electrons. The van der Waals surface area contributed by atoms with E-state index < -0.39 is 11.0 Å². The van der Waals surface area contributed by atoms with Gasteiger partial charge in [0, 0.05) is 18.2 Å². The van der Waals surface area contributed by atoms with Crippen LogP contribution in [0.25, 0.3) is 0 Å². The number of nitro benzene ring substituents is 1. The standard InChI is InChI=1S/C14H19N3O5/c1-21-13-7-4-10(17(19)20)8-12(13)16-9-2-5-11(6-3-9)22-14(15)18/h4,7-9,11,16H,2-3,5-6H2,1H3,(H2,15,18)/t9-,11-. The molecule has 1 aliphatic rings. The number of anilines is 1. The number of methoxy groups -OCH3 is 1. The van der Waals surface area contributed by atoms with E-state index in [4.69, 9.17) is 15.2 Å². The number of ether oxygens (including phenoxy) is 2. The van der Waals surface area contributed by atoms with Crippen molar-refractivity contribution in [1.82, 2.24) is 0 Å². The van der Waals surface area contributed by atoms with Crippen LogP contribution in [0.4, 0.5) is 16.2 Å². The Balaban J connectivity index is 2.00. The maximum atomic E-state index is 10.9. The normalized spacial score (nSPS) is 21.0. The van der Waals surface area contributed by atoms with Crippen LogP contribution in [0.1, 0.15) is 25.7 Å². The molecule has 1 aromatic carbocycles. The van der Waals surface area contributed by atoms with Crippen molar-refractivity contribution < 1.29 is 19.2 Å². The third-order valence-electron chi connectivity index (χ3n) is 3.71. The number of benzene rings is 1. The second kappa shape index (κ2) is 6.97. The van der Waals surface area contributed by atoms with E-state index in [1.165, 1.54) is 19.2 Å². The number of nitrogens with zero attached hydrogens (tertiary/aromatic N) is 1. The van der Waals surface area contributed by atoms with Gasteiger partial charge in [0.15, 0.2) is 0 Å². The van der Waals surface area contributed by atoms with Crippen LogP contribution >= 0.6 is 0 Å². The first kappa shape index (κ1) is 15.9. The molecule has 1 aromatic rings. The third-order valence-corrected chi connectivity index (χ3v) is 3.71. The first-order chi connectivity index (χ1) is 10.5. The SMILES string of the molecule is COc1ccc([N+](=O)[O-])cc1N[C@H]1CC[C@H](OC(N)=O)CC1. The quantitative estimate of drug-likeness (QED) is 0.637. The lowest BCUT2D eigenvalue weighted by atomic mass is 9.92. The second-order valence-corrected chi connectivity index (χ2v) is 5.20. The summed E-state index contributed by atoms with van der Waals surface area (Å²) >= 11 is 0. The fraction of sp³-hybridized carbons (Fsp3) is 0.500. The Bertz CT molecular complexity index is 555. The lowest BCUT2D eigenvalue weighted by Gasteiger charge is -2.29. The molecular formula is C14H19N3O5. The predicted molar refractivity (Wildman–Crippen MR) is 80.0 cm³/mol. The molecule has 0 spiro atoms. The number of carbonyl (C=O) groups is 1. The summed E-state index contributed by atoms with van der Waals surface area (Å²) in [5, 5.41) is 14.1. The van der Waals surface area contributed by atoms with Gasteiger partial charge in [0.05, 0.1) is 17.7 Å². The fourth-order valence-electron chi connectivity index (χ4n) is 2.63. The summed E-state index contributed by atoms with van der Waals surface area (Å²) in [7, 11) is 1.52. The number of nitrogens with two attached hydrogens (primary N) is 1. The van der Waals surface area contributed by atoms with Gasteiger partial charge in [-0.25, -0.2) is 4.79 Å². The highest BCUT2D eigenvalue weighted by Gasteiger charge is 2.24. The first-order valence-electron chi connectivity index (χ1n) is 7.04. The largest absolute Gasteiger partial charge is 0.495 e. The van der Waals surface area contributed by atoms with E-state index >= 15 is 0 Å². The molecule has 0 unspecified atom stereocenters. The summed E-state index contributed by atoms with van der Waals surface area (Å²) in [5.74, 6) is 0.557. The van der Waals surface area contributed by atoms with E-state index in [-0.39, 0.29) is 17.8 Å². The molecule has 8 heteroatoms. The molecule has 8 nitrogen and oxygen atoms in total. The van der Waals surface area contributed by atoms with Crippen LogP contribution in [0.2, 0.25) is 0 Å². The van der Waals surface area contributed by atoms with E-state index in [1.54, 1.807) is 6.07 Å². The van der Waals surface area contributed by atoms with Gasteiger partial charge in [-0.2, -0.15) is 0 Å². The number of carbonyl (C=O) groups excluding carboxylic acids is 1. The molecule has 0 radical (unpaired) electrons. The molecule has 3 N–H and O–H groups in total. The van der Waals surface area contributed by atoms with Gasteiger partial charge in [0.1, 0.15) is 11.9 Å². The summed E-state index contributed by atoms with van der Waals surface area (Å²) in [5.41, 5.74) is 5.61. The van der Waals surface area contributed by atoms with Crippen LogP contribution in [0.5, 0.6) is 5.75 Å². The van der Waals surface area contributed by atoms with Crippen LogP contribution in [0.15, 0.2) is 18.2 Å². The molecule has 0 bridgehead atoms. The van der Waals surface area contributed by atoms with E-state index in [1.807, 2.05) is 0 Å². The molecule has 0 atom stereocenters. The summed E-state index contributed by atoms with van der Waals surface area (Å²) < 4.78 is 10.2. The minimum atomic E-state index is -0.753. The number of hydrogen-bond donors (Lipinski definition) is 2. The Morgan fingerprint density at radius 2 is 2.05 bits per heavy atom. The van der Waals surface area contributed by atoms with Crippen LogP contribution in [0.3, 0.4) is 0 Å². The molecular weight excluding hydrogens is 290 g/mol. The molecule has 1 saturated carbocycles. The van der Waals surface area contributed by atoms with Crippen molar-refractivity contribution >= 4 is 17.5 Å². The van der Waals surface area contributed by atoms with Crippen molar-refractivity contribution in [3.05, 3.63) is 28.3 Å². The summed E-state index contributed by atoms with van der Waals surface area (Å²) in [4.78, 5) is 21.2. The number of nitrogens with one attached hydrogen (secondary N) is 1. The van der Waals surface area contributed by atoms with E-state index in [0.717, 1.165) is 12.8 Å². The zero-order chi connectivity index (χ0) is 16.1. The van der Waals surface area contributed by atoms with Gasteiger partial charge in [-0.3, -0.25) is 10.1 Å². The van der Waals surface area contributed by atoms with Crippen molar-refractivity contribution in [2.75, 3.05) is 12.4 Å². The minimum Gasteiger partial charge on any atom is -0.495 e. The van der Waals surface area contributed by atoms with Crippen molar-refractivity contribution in [3.63, 3.8) is 0 Å². The molecule has 2 rings (SSSR count). The van der Waals surface area contributed by atoms with Crippen molar-refractivity contribution in [1.29, 1.82) is 0 Å². The first-order valence-corrected chi connectivity index (χ1v) is 7.04. The maximum Gasteiger partial charge on any atom is 0.404 e. The Kier molecular flexibility index (Phi) is 5.03. The second-order valence-electron chi connectivity index (χ2n) is 5.20. The van der Waals surface area contributed by atoms with Gasteiger partial charge in [0.2, 0.25) is 0 Å². The number of nitro groups is 1. The van der Waals surface area contributed by atoms with Crippen molar-refractivity contribution in [2.45, 2.75) is 37.8 Å². The maximum absolute atomic E-state index is 10.9. The topological polar surface area (TPSA) is 117 Å². The van der Waals surface area contributed by atoms with Gasteiger partial charge in [-0.15, -0.1) is 0 Å². The smallest absolute Gasteiger partial charge is 0.404 e. The molecule has 0 saturated heterocycles. The van der Waals surface area contributed by atoms with Crippen molar-refractivity contribution in [2.24, 2.45) is 5.73 Å². The molecule has 1 aliphatic carbocycles. The molecule has 22 heavy (non-hydrogen) atoms. The lowest BCUT2D eigenvalue weighted by molar-refractivity contribution is -0.384. The monoisotopic (exact) mass is 309 g/mol. The fourth-order valence-corrected chi connectivity index (χ4v) is 2.63. The van der Waals surface area contributed by atoms with Gasteiger partial charge >= 0.3 is 6.09 Å². The zero-order valence-corrected chi connectivity index (χ0v) is 12.3. The summed E-state index contributed by atoms with van der Waals surface area (Å²) in [6, 6.07) is 4.58. The number of primary amides is 1.